The maximum absolute atomic E-state index is 14.4. The third-order valence-corrected chi connectivity index (χ3v) is 4.43. The second kappa shape index (κ2) is 4.84. The number of aromatic nitrogens is 2. The highest BCUT2D eigenvalue weighted by Gasteiger charge is 2.42. The van der Waals surface area contributed by atoms with Crippen LogP contribution < -0.4 is 5.56 Å². The Balaban J connectivity index is 1.83. The standard InChI is InChI=1S/C15H16FN3O3/c16-10-7-17-11-1-2-12(20)19-9-15(21,13(10)14(11)19)8-18-3-5-22-6-4-18/h1-2,7,21H,3-6,8-9H2/t15-/m0/s1. The summed E-state index contributed by atoms with van der Waals surface area (Å²) in [6.45, 7) is 2.88. The Morgan fingerprint density at radius 3 is 2.91 bits per heavy atom. The molecule has 2 aromatic heterocycles. The van der Waals surface area contributed by atoms with Gasteiger partial charge in [0.1, 0.15) is 11.4 Å². The van der Waals surface area contributed by atoms with E-state index in [1.807, 2.05) is 4.90 Å². The van der Waals surface area contributed by atoms with Crippen molar-refractivity contribution in [1.29, 1.82) is 0 Å². The number of rotatable bonds is 2. The van der Waals surface area contributed by atoms with Gasteiger partial charge in [0.25, 0.3) is 5.56 Å². The monoisotopic (exact) mass is 305 g/mol. The lowest BCUT2D eigenvalue weighted by Crippen LogP contribution is -2.47. The van der Waals surface area contributed by atoms with Crippen molar-refractivity contribution in [2.45, 2.75) is 12.1 Å². The van der Waals surface area contributed by atoms with Crippen LogP contribution in [0.1, 0.15) is 5.56 Å². The summed E-state index contributed by atoms with van der Waals surface area (Å²) in [6, 6.07) is 2.97. The van der Waals surface area contributed by atoms with E-state index in [2.05, 4.69) is 4.98 Å². The second-order valence-electron chi connectivity index (χ2n) is 5.89. The van der Waals surface area contributed by atoms with Crippen LogP contribution in [0.4, 0.5) is 4.39 Å². The minimum atomic E-state index is -1.42. The number of pyridine rings is 2. The number of hydrogen-bond donors (Lipinski definition) is 1. The third-order valence-electron chi connectivity index (χ3n) is 4.43. The molecule has 1 saturated heterocycles. The van der Waals surface area contributed by atoms with Crippen LogP contribution in [0, 0.1) is 5.82 Å². The Morgan fingerprint density at radius 1 is 1.36 bits per heavy atom. The lowest BCUT2D eigenvalue weighted by molar-refractivity contribution is -0.0406. The molecule has 0 unspecified atom stereocenters. The first-order valence-electron chi connectivity index (χ1n) is 7.29. The van der Waals surface area contributed by atoms with E-state index in [9.17, 15) is 14.3 Å². The molecule has 2 aliphatic heterocycles. The first-order valence-corrected chi connectivity index (χ1v) is 7.29. The van der Waals surface area contributed by atoms with Gasteiger partial charge in [-0.2, -0.15) is 0 Å². The first kappa shape index (κ1) is 13.8. The third kappa shape index (κ3) is 1.97. The van der Waals surface area contributed by atoms with E-state index in [4.69, 9.17) is 4.74 Å². The Labute approximate surface area is 125 Å². The summed E-state index contributed by atoms with van der Waals surface area (Å²) in [6.07, 6.45) is 1.11. The normalized spacial score (nSPS) is 25.0. The molecule has 4 heterocycles. The van der Waals surface area contributed by atoms with Crippen LogP contribution in [0.15, 0.2) is 23.1 Å². The highest BCUT2D eigenvalue weighted by Crippen LogP contribution is 2.37. The number of aliphatic hydroxyl groups is 1. The van der Waals surface area contributed by atoms with Crippen LogP contribution in [0.25, 0.3) is 11.0 Å². The van der Waals surface area contributed by atoms with Gasteiger partial charge in [0.05, 0.1) is 42.6 Å². The minimum absolute atomic E-state index is 0.0540. The van der Waals surface area contributed by atoms with Crippen molar-refractivity contribution in [3.05, 3.63) is 40.1 Å². The Hall–Kier alpha value is -1.83. The molecule has 7 heteroatoms. The fraction of sp³-hybridized carbons (Fsp3) is 0.467. The van der Waals surface area contributed by atoms with Crippen molar-refractivity contribution in [2.75, 3.05) is 32.8 Å². The number of ether oxygens (including phenoxy) is 1. The maximum Gasteiger partial charge on any atom is 0.251 e. The molecule has 0 radical (unpaired) electrons. The highest BCUT2D eigenvalue weighted by molar-refractivity contribution is 5.81. The predicted molar refractivity (Wildman–Crippen MR) is 77.1 cm³/mol. The van der Waals surface area contributed by atoms with Crippen LogP contribution in [0.2, 0.25) is 0 Å². The van der Waals surface area contributed by atoms with Crippen molar-refractivity contribution in [1.82, 2.24) is 14.5 Å². The molecular weight excluding hydrogens is 289 g/mol. The zero-order valence-corrected chi connectivity index (χ0v) is 12.0. The van der Waals surface area contributed by atoms with Gasteiger partial charge in [0.15, 0.2) is 0 Å². The molecule has 0 bridgehead atoms. The zero-order valence-electron chi connectivity index (χ0n) is 12.0. The molecular formula is C15H16FN3O3. The molecule has 22 heavy (non-hydrogen) atoms. The number of hydrogen-bond acceptors (Lipinski definition) is 5. The summed E-state index contributed by atoms with van der Waals surface area (Å²) < 4.78 is 21.1. The summed E-state index contributed by atoms with van der Waals surface area (Å²) in [5, 5.41) is 11.1. The fourth-order valence-electron chi connectivity index (χ4n) is 3.44. The molecule has 1 atom stereocenters. The van der Waals surface area contributed by atoms with E-state index in [0.717, 1.165) is 6.20 Å². The molecule has 0 saturated carbocycles. The molecule has 0 amide bonds. The van der Waals surface area contributed by atoms with Gasteiger partial charge in [0.2, 0.25) is 0 Å². The van der Waals surface area contributed by atoms with Crippen molar-refractivity contribution >= 4 is 11.0 Å². The van der Waals surface area contributed by atoms with Gasteiger partial charge < -0.3 is 14.4 Å². The van der Waals surface area contributed by atoms with E-state index in [1.54, 1.807) is 6.07 Å². The molecule has 2 aliphatic rings. The van der Waals surface area contributed by atoms with Gasteiger partial charge >= 0.3 is 0 Å². The number of β-amino-alcohol motifs (C(OH)–C–C–N with tert-alkyl or cyclic N) is 1. The highest BCUT2D eigenvalue weighted by atomic mass is 19.1. The summed E-state index contributed by atoms with van der Waals surface area (Å²) >= 11 is 0. The van der Waals surface area contributed by atoms with E-state index >= 15 is 0 Å². The average Bonchev–Trinajstić information content (AvgIpc) is 2.82. The van der Waals surface area contributed by atoms with E-state index < -0.39 is 11.4 Å². The van der Waals surface area contributed by atoms with Crippen molar-refractivity contribution < 1.29 is 14.2 Å². The summed E-state index contributed by atoms with van der Waals surface area (Å²) in [4.78, 5) is 18.1. The van der Waals surface area contributed by atoms with E-state index in [0.29, 0.717) is 37.3 Å². The molecule has 1 N–H and O–H groups in total. The SMILES string of the molecule is O=c1ccc2ncc(F)c3c2n1C[C@@]3(O)CN1CCOCC1. The van der Waals surface area contributed by atoms with Crippen LogP contribution >= 0.6 is 0 Å². The van der Waals surface area contributed by atoms with E-state index in [1.165, 1.54) is 10.6 Å². The summed E-state index contributed by atoms with van der Waals surface area (Å²) in [5.41, 5.74) is -0.561. The van der Waals surface area contributed by atoms with Crippen molar-refractivity contribution in [3.8, 4) is 0 Å². The molecule has 4 rings (SSSR count). The average molecular weight is 305 g/mol. The van der Waals surface area contributed by atoms with Gasteiger partial charge in [-0.3, -0.25) is 14.7 Å². The number of nitrogens with zero attached hydrogens (tertiary/aromatic N) is 3. The molecule has 0 aromatic carbocycles. The van der Waals surface area contributed by atoms with Gasteiger partial charge in [-0.25, -0.2) is 4.39 Å². The second-order valence-corrected chi connectivity index (χ2v) is 5.89. The molecule has 6 nitrogen and oxygen atoms in total. The topological polar surface area (TPSA) is 67.6 Å². The Bertz CT molecular complexity index is 800. The Morgan fingerprint density at radius 2 is 2.14 bits per heavy atom. The Kier molecular flexibility index (Phi) is 3.04. The van der Waals surface area contributed by atoms with Gasteiger partial charge in [-0.05, 0) is 6.07 Å². The van der Waals surface area contributed by atoms with Crippen LogP contribution in [0.3, 0.4) is 0 Å². The molecule has 1 fully saturated rings. The van der Waals surface area contributed by atoms with Gasteiger partial charge in [-0.15, -0.1) is 0 Å². The fourth-order valence-corrected chi connectivity index (χ4v) is 3.44. The van der Waals surface area contributed by atoms with Gasteiger partial charge in [0, 0.05) is 25.7 Å². The maximum atomic E-state index is 14.4. The summed E-state index contributed by atoms with van der Waals surface area (Å²) in [5.74, 6) is -0.569. The molecule has 116 valence electrons. The summed E-state index contributed by atoms with van der Waals surface area (Å²) in [7, 11) is 0. The quantitative estimate of drug-likeness (QED) is 0.850. The van der Waals surface area contributed by atoms with Crippen molar-refractivity contribution in [2.24, 2.45) is 0 Å². The smallest absolute Gasteiger partial charge is 0.251 e. The molecule has 2 aromatic rings. The number of morpholine rings is 1. The first-order chi connectivity index (χ1) is 10.6. The van der Waals surface area contributed by atoms with Crippen molar-refractivity contribution in [3.63, 3.8) is 0 Å². The van der Waals surface area contributed by atoms with Crippen LogP contribution in [-0.4, -0.2) is 52.4 Å². The number of halogens is 1. The van der Waals surface area contributed by atoms with Crippen LogP contribution in [0.5, 0.6) is 0 Å². The lowest BCUT2D eigenvalue weighted by atomic mass is 9.95. The molecule has 0 aliphatic carbocycles. The predicted octanol–water partition coefficient (Wildman–Crippen LogP) is 0.0690. The van der Waals surface area contributed by atoms with Crippen LogP contribution in [-0.2, 0) is 16.9 Å². The lowest BCUT2D eigenvalue weighted by Gasteiger charge is -2.34. The zero-order chi connectivity index (χ0) is 15.3. The minimum Gasteiger partial charge on any atom is -0.382 e. The largest absolute Gasteiger partial charge is 0.382 e. The van der Waals surface area contributed by atoms with Gasteiger partial charge in [-0.1, -0.05) is 0 Å². The van der Waals surface area contributed by atoms with E-state index in [-0.39, 0.29) is 24.2 Å². The molecule has 0 spiro atoms.